The Kier molecular flexibility index (Phi) is 5.47. The molecule has 1 amide bonds. The molecule has 35 heavy (non-hydrogen) atoms. The van der Waals surface area contributed by atoms with Crippen LogP contribution >= 0.6 is 0 Å². The van der Waals surface area contributed by atoms with Crippen molar-refractivity contribution in [3.05, 3.63) is 77.1 Å². The lowest BCUT2D eigenvalue weighted by molar-refractivity contribution is -0.136. The van der Waals surface area contributed by atoms with Crippen molar-refractivity contribution < 1.29 is 4.79 Å². The summed E-state index contributed by atoms with van der Waals surface area (Å²) in [5.74, 6) is 1.00. The van der Waals surface area contributed by atoms with Crippen molar-refractivity contribution in [1.29, 1.82) is 0 Å². The summed E-state index contributed by atoms with van der Waals surface area (Å²) in [6, 6.07) is 18.6. The standard InChI is InChI=1S/C28H30N6O/c1-19-25-20(2)34(24-12-4-3-5-13-24)31-26(25)27(30-29-19)32-15-8-11-23(18-32)28(35)33-16-14-21-9-6-7-10-22(21)17-33/h3-7,9-10,12-13,23H,8,11,14-18H2,1-2H3. The fraction of sp³-hybridized carbons (Fsp3) is 0.357. The van der Waals surface area contributed by atoms with Gasteiger partial charge in [-0.2, -0.15) is 10.2 Å². The van der Waals surface area contributed by atoms with Crippen LogP contribution in [0.5, 0.6) is 0 Å². The molecule has 4 aromatic rings. The van der Waals surface area contributed by atoms with Crippen LogP contribution in [0.3, 0.4) is 0 Å². The van der Waals surface area contributed by atoms with Crippen LogP contribution in [0.25, 0.3) is 16.6 Å². The Hall–Kier alpha value is -3.74. The second kappa shape index (κ2) is 8.80. The van der Waals surface area contributed by atoms with Gasteiger partial charge in [-0.15, -0.1) is 5.10 Å². The number of amides is 1. The smallest absolute Gasteiger partial charge is 0.227 e. The monoisotopic (exact) mass is 466 g/mol. The lowest BCUT2D eigenvalue weighted by Crippen LogP contribution is -2.46. The molecule has 0 N–H and O–H groups in total. The van der Waals surface area contributed by atoms with Gasteiger partial charge in [-0.3, -0.25) is 4.79 Å². The van der Waals surface area contributed by atoms with E-state index in [-0.39, 0.29) is 11.8 Å². The number of nitrogens with zero attached hydrogens (tertiary/aromatic N) is 6. The first kappa shape index (κ1) is 21.8. The molecule has 7 nitrogen and oxygen atoms in total. The quantitative estimate of drug-likeness (QED) is 0.452. The Labute approximate surface area is 205 Å². The number of carbonyl (C=O) groups is 1. The molecule has 0 radical (unpaired) electrons. The minimum absolute atomic E-state index is 0.0375. The second-order valence-corrected chi connectivity index (χ2v) is 9.73. The van der Waals surface area contributed by atoms with Crippen molar-refractivity contribution in [2.45, 2.75) is 39.7 Å². The topological polar surface area (TPSA) is 67.2 Å². The molecule has 0 saturated carbocycles. The Morgan fingerprint density at radius 3 is 2.54 bits per heavy atom. The molecule has 7 heteroatoms. The van der Waals surface area contributed by atoms with Gasteiger partial charge in [0.1, 0.15) is 5.52 Å². The number of rotatable bonds is 3. The van der Waals surface area contributed by atoms with E-state index >= 15 is 0 Å². The minimum Gasteiger partial charge on any atom is -0.352 e. The van der Waals surface area contributed by atoms with Gasteiger partial charge in [-0.05, 0) is 56.4 Å². The lowest BCUT2D eigenvalue weighted by atomic mass is 9.94. The van der Waals surface area contributed by atoms with Crippen LogP contribution < -0.4 is 4.90 Å². The number of benzene rings is 2. The number of para-hydroxylation sites is 1. The molecule has 2 aromatic carbocycles. The van der Waals surface area contributed by atoms with Crippen molar-refractivity contribution >= 4 is 22.6 Å². The molecule has 1 atom stereocenters. The molecule has 4 heterocycles. The summed E-state index contributed by atoms with van der Waals surface area (Å²) in [7, 11) is 0. The van der Waals surface area contributed by atoms with E-state index in [9.17, 15) is 4.79 Å². The van der Waals surface area contributed by atoms with E-state index in [1.807, 2.05) is 34.7 Å². The number of hydrogen-bond acceptors (Lipinski definition) is 5. The fourth-order valence-electron chi connectivity index (χ4n) is 5.66. The van der Waals surface area contributed by atoms with Crippen LogP contribution in [0.1, 0.15) is 35.4 Å². The average Bonchev–Trinajstić information content (AvgIpc) is 3.26. The molecule has 0 spiro atoms. The second-order valence-electron chi connectivity index (χ2n) is 9.73. The number of fused-ring (bicyclic) bond motifs is 2. The number of piperidine rings is 1. The number of anilines is 1. The van der Waals surface area contributed by atoms with Gasteiger partial charge in [0.25, 0.3) is 0 Å². The van der Waals surface area contributed by atoms with E-state index in [2.05, 4.69) is 58.4 Å². The van der Waals surface area contributed by atoms with Crippen LogP contribution in [-0.4, -0.2) is 50.4 Å². The Morgan fingerprint density at radius 2 is 1.71 bits per heavy atom. The zero-order chi connectivity index (χ0) is 23.9. The normalized spacial score (nSPS) is 18.1. The van der Waals surface area contributed by atoms with Crippen LogP contribution in [-0.2, 0) is 17.8 Å². The number of carbonyl (C=O) groups excluding carboxylic acids is 1. The van der Waals surface area contributed by atoms with Crippen molar-refractivity contribution in [1.82, 2.24) is 24.9 Å². The molecule has 0 bridgehead atoms. The highest BCUT2D eigenvalue weighted by Gasteiger charge is 2.33. The third kappa shape index (κ3) is 3.85. The van der Waals surface area contributed by atoms with Crippen LogP contribution in [0, 0.1) is 19.8 Å². The molecule has 178 valence electrons. The Balaban J connectivity index is 1.29. The Bertz CT molecular complexity index is 1400. The first-order valence-electron chi connectivity index (χ1n) is 12.5. The molecule has 6 rings (SSSR count). The average molecular weight is 467 g/mol. The highest BCUT2D eigenvalue weighted by atomic mass is 16.2. The van der Waals surface area contributed by atoms with E-state index in [4.69, 9.17) is 5.10 Å². The van der Waals surface area contributed by atoms with Crippen LogP contribution in [0.15, 0.2) is 54.6 Å². The lowest BCUT2D eigenvalue weighted by Gasteiger charge is -2.37. The highest BCUT2D eigenvalue weighted by molar-refractivity contribution is 5.92. The molecule has 2 aromatic heterocycles. The van der Waals surface area contributed by atoms with E-state index in [0.29, 0.717) is 13.1 Å². The predicted molar refractivity (Wildman–Crippen MR) is 137 cm³/mol. The maximum Gasteiger partial charge on any atom is 0.227 e. The van der Waals surface area contributed by atoms with Gasteiger partial charge in [0, 0.05) is 26.2 Å². The van der Waals surface area contributed by atoms with Crippen molar-refractivity contribution in [3.8, 4) is 5.69 Å². The summed E-state index contributed by atoms with van der Waals surface area (Å²) in [5.41, 5.74) is 6.44. The van der Waals surface area contributed by atoms with E-state index in [0.717, 1.165) is 66.1 Å². The number of hydrogen-bond donors (Lipinski definition) is 0. The highest BCUT2D eigenvalue weighted by Crippen LogP contribution is 2.32. The van der Waals surface area contributed by atoms with Crippen molar-refractivity contribution in [2.75, 3.05) is 24.5 Å². The summed E-state index contributed by atoms with van der Waals surface area (Å²) in [5, 5.41) is 15.1. The fourth-order valence-corrected chi connectivity index (χ4v) is 5.66. The SMILES string of the molecule is Cc1nnc(N2CCCC(C(=O)N3CCc4ccccc4C3)C2)c2nn(-c3ccccc3)c(C)c12. The molecule has 2 aliphatic rings. The zero-order valence-corrected chi connectivity index (χ0v) is 20.3. The van der Waals surface area contributed by atoms with Crippen molar-refractivity contribution in [3.63, 3.8) is 0 Å². The predicted octanol–water partition coefficient (Wildman–Crippen LogP) is 4.23. The Morgan fingerprint density at radius 1 is 0.943 bits per heavy atom. The minimum atomic E-state index is -0.0375. The largest absolute Gasteiger partial charge is 0.352 e. The summed E-state index contributed by atoms with van der Waals surface area (Å²) in [6.07, 6.45) is 2.79. The summed E-state index contributed by atoms with van der Waals surface area (Å²) < 4.78 is 1.97. The maximum absolute atomic E-state index is 13.5. The third-order valence-electron chi connectivity index (χ3n) is 7.50. The van der Waals surface area contributed by atoms with Crippen LogP contribution in [0.2, 0.25) is 0 Å². The van der Waals surface area contributed by atoms with Gasteiger partial charge < -0.3 is 9.80 Å². The number of aryl methyl sites for hydroxylation is 2. The first-order chi connectivity index (χ1) is 17.1. The summed E-state index contributed by atoms with van der Waals surface area (Å²) in [4.78, 5) is 17.8. The summed E-state index contributed by atoms with van der Waals surface area (Å²) in [6.45, 7) is 7.08. The van der Waals surface area contributed by atoms with E-state index in [1.54, 1.807) is 0 Å². The van der Waals surface area contributed by atoms with Gasteiger partial charge in [-0.25, -0.2) is 4.68 Å². The molecular formula is C28H30N6O. The van der Waals surface area contributed by atoms with Crippen molar-refractivity contribution in [2.24, 2.45) is 5.92 Å². The molecular weight excluding hydrogens is 436 g/mol. The van der Waals surface area contributed by atoms with E-state index < -0.39 is 0 Å². The number of aromatic nitrogens is 4. The van der Waals surface area contributed by atoms with Gasteiger partial charge in [0.2, 0.25) is 5.91 Å². The van der Waals surface area contributed by atoms with Crippen LogP contribution in [0.4, 0.5) is 5.82 Å². The summed E-state index contributed by atoms with van der Waals surface area (Å²) >= 11 is 0. The van der Waals surface area contributed by atoms with Gasteiger partial charge in [-0.1, -0.05) is 42.5 Å². The van der Waals surface area contributed by atoms with Gasteiger partial charge >= 0.3 is 0 Å². The molecule has 1 saturated heterocycles. The molecule has 0 aliphatic carbocycles. The molecule has 2 aliphatic heterocycles. The maximum atomic E-state index is 13.5. The molecule has 1 unspecified atom stereocenters. The van der Waals surface area contributed by atoms with Gasteiger partial charge in [0.05, 0.1) is 28.4 Å². The van der Waals surface area contributed by atoms with E-state index in [1.165, 1.54) is 11.1 Å². The first-order valence-corrected chi connectivity index (χ1v) is 12.5. The zero-order valence-electron chi connectivity index (χ0n) is 20.3. The van der Waals surface area contributed by atoms with Gasteiger partial charge in [0.15, 0.2) is 5.82 Å². The third-order valence-corrected chi connectivity index (χ3v) is 7.50. The molecule has 1 fully saturated rings.